The third kappa shape index (κ3) is 7.66. The highest BCUT2D eigenvalue weighted by molar-refractivity contribution is 14.1. The lowest BCUT2D eigenvalue weighted by molar-refractivity contribution is 0.0562. The van der Waals surface area contributed by atoms with E-state index in [2.05, 4.69) is 14.6 Å². The van der Waals surface area contributed by atoms with E-state index < -0.39 is 6.16 Å². The van der Waals surface area contributed by atoms with Crippen LogP contribution in [0.25, 0.3) is 0 Å². The van der Waals surface area contributed by atoms with Crippen molar-refractivity contribution < 1.29 is 14.3 Å². The molecule has 0 saturated carbocycles. The number of hydrogen-bond donors (Lipinski definition) is 0. The quantitative estimate of drug-likeness (QED) is 0.452. The fraction of sp³-hybridized carbons (Fsp3) is 0.625. The molecule has 0 spiro atoms. The molecule has 4 heteroatoms. The van der Waals surface area contributed by atoms with Crippen LogP contribution in [-0.2, 0) is 9.47 Å². The van der Waals surface area contributed by atoms with Gasteiger partial charge in [0.15, 0.2) is 6.61 Å². The molecule has 0 rings (SSSR count). The normalized spacial score (nSPS) is 8.67. The van der Waals surface area contributed by atoms with E-state index in [0.29, 0.717) is 12.5 Å². The van der Waals surface area contributed by atoms with Crippen LogP contribution in [0, 0.1) is 15.8 Å². The lowest BCUT2D eigenvalue weighted by Crippen LogP contribution is -2.11. The first-order valence-corrected chi connectivity index (χ1v) is 4.62. The van der Waals surface area contributed by atoms with Gasteiger partial charge >= 0.3 is 6.16 Å². The van der Waals surface area contributed by atoms with Gasteiger partial charge in [0.2, 0.25) is 0 Å². The van der Waals surface area contributed by atoms with Gasteiger partial charge in [-0.2, -0.15) is 0 Å². The Labute approximate surface area is 85.9 Å². The van der Waals surface area contributed by atoms with Gasteiger partial charge in [-0.1, -0.05) is 19.8 Å². The average molecular weight is 282 g/mol. The number of ether oxygens (including phenoxy) is 2. The van der Waals surface area contributed by atoms with Crippen LogP contribution in [0.5, 0.6) is 0 Å². The first kappa shape index (κ1) is 11.6. The minimum Gasteiger partial charge on any atom is -0.434 e. The van der Waals surface area contributed by atoms with E-state index in [1.54, 1.807) is 0 Å². The van der Waals surface area contributed by atoms with Crippen LogP contribution in [0.1, 0.15) is 13.8 Å². The Morgan fingerprint density at radius 1 is 1.50 bits per heavy atom. The van der Waals surface area contributed by atoms with Crippen LogP contribution in [0.3, 0.4) is 0 Å². The van der Waals surface area contributed by atoms with E-state index in [4.69, 9.17) is 4.74 Å². The zero-order valence-electron chi connectivity index (χ0n) is 7.09. The second kappa shape index (κ2) is 7.22. The zero-order chi connectivity index (χ0) is 9.40. The Balaban J connectivity index is 3.38. The molecule has 0 aliphatic heterocycles. The standard InChI is InChI=1S/C8H11IO3/c1-7(2)6-12-8(10)11-5-3-4-9/h7H,5-6H2,1-2H3. The van der Waals surface area contributed by atoms with Gasteiger partial charge in [-0.05, 0) is 9.85 Å². The van der Waals surface area contributed by atoms with E-state index in [1.807, 2.05) is 36.4 Å². The van der Waals surface area contributed by atoms with Crippen LogP contribution in [-0.4, -0.2) is 19.4 Å². The topological polar surface area (TPSA) is 35.5 Å². The molecule has 0 aliphatic rings. The van der Waals surface area contributed by atoms with Gasteiger partial charge in [0, 0.05) is 22.6 Å². The van der Waals surface area contributed by atoms with Crippen molar-refractivity contribution in [3.8, 4) is 9.85 Å². The summed E-state index contributed by atoms with van der Waals surface area (Å²) in [6, 6.07) is 0. The molecule has 12 heavy (non-hydrogen) atoms. The second-order valence-electron chi connectivity index (χ2n) is 2.51. The van der Waals surface area contributed by atoms with Gasteiger partial charge < -0.3 is 9.47 Å². The summed E-state index contributed by atoms with van der Waals surface area (Å²) in [6.07, 6.45) is -0.650. The first-order valence-electron chi connectivity index (χ1n) is 3.55. The molecule has 0 aliphatic carbocycles. The van der Waals surface area contributed by atoms with Crippen molar-refractivity contribution in [1.82, 2.24) is 0 Å². The predicted octanol–water partition coefficient (Wildman–Crippen LogP) is 2.19. The largest absolute Gasteiger partial charge is 0.509 e. The summed E-state index contributed by atoms with van der Waals surface area (Å²) in [7, 11) is 0. The van der Waals surface area contributed by atoms with Crippen LogP contribution >= 0.6 is 22.6 Å². The van der Waals surface area contributed by atoms with Crippen molar-refractivity contribution in [2.45, 2.75) is 13.8 Å². The van der Waals surface area contributed by atoms with Crippen molar-refractivity contribution >= 4 is 28.7 Å². The van der Waals surface area contributed by atoms with E-state index in [0.717, 1.165) is 0 Å². The monoisotopic (exact) mass is 282 g/mol. The van der Waals surface area contributed by atoms with Crippen molar-refractivity contribution in [1.29, 1.82) is 0 Å². The van der Waals surface area contributed by atoms with Gasteiger partial charge in [0.25, 0.3) is 0 Å². The highest BCUT2D eigenvalue weighted by Crippen LogP contribution is 1.94. The number of carbonyl (C=O) groups is 1. The molecule has 0 N–H and O–H groups in total. The van der Waals surface area contributed by atoms with Gasteiger partial charge in [0.05, 0.1) is 6.61 Å². The molecule has 68 valence electrons. The molecule has 0 atom stereocenters. The molecule has 0 bridgehead atoms. The molecule has 0 radical (unpaired) electrons. The summed E-state index contributed by atoms with van der Waals surface area (Å²) in [5, 5.41) is 0. The van der Waals surface area contributed by atoms with Gasteiger partial charge in [-0.25, -0.2) is 4.79 Å². The van der Waals surface area contributed by atoms with Gasteiger partial charge in [-0.15, -0.1) is 0 Å². The molecule has 0 heterocycles. The highest BCUT2D eigenvalue weighted by Gasteiger charge is 2.03. The third-order valence-corrected chi connectivity index (χ3v) is 1.24. The Kier molecular flexibility index (Phi) is 6.96. The molecule has 0 aromatic carbocycles. The van der Waals surface area contributed by atoms with Crippen molar-refractivity contribution in [2.24, 2.45) is 5.92 Å². The second-order valence-corrected chi connectivity index (χ2v) is 3.05. The Bertz CT molecular complexity index is 190. The van der Waals surface area contributed by atoms with Crippen LogP contribution in [0.15, 0.2) is 0 Å². The average Bonchev–Trinajstić information content (AvgIpc) is 2.01. The van der Waals surface area contributed by atoms with E-state index in [1.165, 1.54) is 0 Å². The van der Waals surface area contributed by atoms with Crippen LogP contribution in [0.4, 0.5) is 4.79 Å². The number of carbonyl (C=O) groups excluding carboxylic acids is 1. The summed E-state index contributed by atoms with van der Waals surface area (Å²) in [5.41, 5.74) is 0. The summed E-state index contributed by atoms with van der Waals surface area (Å²) >= 11 is 1.87. The van der Waals surface area contributed by atoms with E-state index in [-0.39, 0.29) is 6.61 Å². The zero-order valence-corrected chi connectivity index (χ0v) is 9.25. The van der Waals surface area contributed by atoms with Crippen molar-refractivity contribution in [3.63, 3.8) is 0 Å². The maximum atomic E-state index is 10.7. The smallest absolute Gasteiger partial charge is 0.434 e. The van der Waals surface area contributed by atoms with Crippen molar-refractivity contribution in [3.05, 3.63) is 0 Å². The van der Waals surface area contributed by atoms with Crippen LogP contribution < -0.4 is 0 Å². The Morgan fingerprint density at radius 2 is 2.17 bits per heavy atom. The lowest BCUT2D eigenvalue weighted by Gasteiger charge is -2.05. The maximum Gasteiger partial charge on any atom is 0.509 e. The van der Waals surface area contributed by atoms with Gasteiger partial charge in [-0.3, -0.25) is 0 Å². The van der Waals surface area contributed by atoms with Gasteiger partial charge in [0.1, 0.15) is 0 Å². The molecular formula is C8H11IO3. The number of halogens is 1. The lowest BCUT2D eigenvalue weighted by atomic mass is 10.2. The molecule has 0 aromatic heterocycles. The highest BCUT2D eigenvalue weighted by atomic mass is 127. The van der Waals surface area contributed by atoms with Crippen LogP contribution in [0.2, 0.25) is 0 Å². The minimum absolute atomic E-state index is 0.0971. The molecular weight excluding hydrogens is 271 g/mol. The number of rotatable bonds is 3. The molecule has 0 amide bonds. The molecule has 0 unspecified atom stereocenters. The summed E-state index contributed by atoms with van der Waals surface area (Å²) in [6.45, 7) is 4.40. The summed E-state index contributed by atoms with van der Waals surface area (Å²) in [4.78, 5) is 10.7. The predicted molar refractivity (Wildman–Crippen MR) is 53.9 cm³/mol. The molecule has 0 fully saturated rings. The minimum atomic E-state index is -0.650. The number of hydrogen-bond acceptors (Lipinski definition) is 3. The van der Waals surface area contributed by atoms with E-state index >= 15 is 0 Å². The SMILES string of the molecule is CC(C)COC(=O)OCC#CI. The van der Waals surface area contributed by atoms with Crippen molar-refractivity contribution in [2.75, 3.05) is 13.2 Å². The maximum absolute atomic E-state index is 10.7. The summed E-state index contributed by atoms with van der Waals surface area (Å²) in [5.74, 6) is 2.91. The Hall–Kier alpha value is -0.440. The summed E-state index contributed by atoms with van der Waals surface area (Å²) < 4.78 is 11.9. The first-order chi connectivity index (χ1) is 5.66. The molecule has 3 nitrogen and oxygen atoms in total. The fourth-order valence-corrected chi connectivity index (χ4v) is 0.554. The third-order valence-electron chi connectivity index (χ3n) is 0.864. The molecule has 0 saturated heterocycles. The Morgan fingerprint density at radius 3 is 2.67 bits per heavy atom. The molecule has 0 aromatic rings. The van der Waals surface area contributed by atoms with E-state index in [9.17, 15) is 4.79 Å². The fourth-order valence-electron chi connectivity index (χ4n) is 0.399.